The topological polar surface area (TPSA) is 236 Å². The zero-order valence-corrected chi connectivity index (χ0v) is 16.9. The predicted octanol–water partition coefficient (Wildman–Crippen LogP) is -1.11. The molecule has 0 radical (unpaired) electrons. The largest absolute Gasteiger partial charge is 0.481 e. The Balaban J connectivity index is 0. The van der Waals surface area contributed by atoms with Crippen LogP contribution in [0.3, 0.4) is 0 Å². The Morgan fingerprint density at radius 3 is 1.53 bits per heavy atom. The summed E-state index contributed by atoms with van der Waals surface area (Å²) in [4.78, 5) is 42.5. The first-order valence-corrected chi connectivity index (χ1v) is 10.5. The van der Waals surface area contributed by atoms with Gasteiger partial charge in [0.1, 0.15) is 13.2 Å². The summed E-state index contributed by atoms with van der Waals surface area (Å²) in [5, 5.41) is 11.9. The third-order valence-electron chi connectivity index (χ3n) is 2.68. The highest BCUT2D eigenvalue weighted by molar-refractivity contribution is 7.87. The standard InChI is InChI=1S/C10H14O7S.C4H6O7S/c1-3-5-16-9(11)7-8(18(13,14)15)10(12)17-6-4-2;5-3(6)1-2(4(7)8)12(9,10)11/h3-4,8H,1-2,5-7H2,(H,13,14,15);2H,1H2,(H,5,6)(H,7,8)(H,9,10,11). The number of aliphatic carboxylic acids is 2. The fourth-order valence-electron chi connectivity index (χ4n) is 1.39. The summed E-state index contributed by atoms with van der Waals surface area (Å²) < 4.78 is 68.4. The quantitative estimate of drug-likeness (QED) is 0.148. The average Bonchev–Trinajstić information content (AvgIpc) is 2.58. The van der Waals surface area contributed by atoms with E-state index >= 15 is 0 Å². The van der Waals surface area contributed by atoms with Crippen LogP contribution in [0.1, 0.15) is 12.8 Å². The van der Waals surface area contributed by atoms with Crippen molar-refractivity contribution in [1.82, 2.24) is 0 Å². The summed E-state index contributed by atoms with van der Waals surface area (Å²) >= 11 is 0. The van der Waals surface area contributed by atoms with E-state index in [-0.39, 0.29) is 13.2 Å². The van der Waals surface area contributed by atoms with Crippen LogP contribution < -0.4 is 0 Å². The lowest BCUT2D eigenvalue weighted by Gasteiger charge is -2.11. The van der Waals surface area contributed by atoms with E-state index in [9.17, 15) is 36.0 Å². The Bertz CT molecular complexity index is 855. The van der Waals surface area contributed by atoms with Crippen molar-refractivity contribution in [2.75, 3.05) is 13.2 Å². The second-order valence-electron chi connectivity index (χ2n) is 5.04. The molecule has 0 aliphatic heterocycles. The summed E-state index contributed by atoms with van der Waals surface area (Å²) in [6.07, 6.45) is 0.502. The lowest BCUT2D eigenvalue weighted by molar-refractivity contribution is -0.148. The van der Waals surface area contributed by atoms with Crippen molar-refractivity contribution in [3.05, 3.63) is 25.3 Å². The van der Waals surface area contributed by atoms with E-state index in [1.54, 1.807) is 0 Å². The number of carboxylic acid groups (broad SMARTS) is 2. The van der Waals surface area contributed by atoms with Crippen molar-refractivity contribution in [2.45, 2.75) is 23.3 Å². The molecule has 0 bridgehead atoms. The molecule has 0 spiro atoms. The monoisotopic (exact) mass is 476 g/mol. The van der Waals surface area contributed by atoms with Crippen molar-refractivity contribution >= 4 is 44.1 Å². The Kier molecular flexibility index (Phi) is 13.1. The van der Waals surface area contributed by atoms with E-state index < -0.39 is 67.5 Å². The van der Waals surface area contributed by atoms with Crippen molar-refractivity contribution in [1.29, 1.82) is 0 Å². The molecule has 0 saturated carbocycles. The normalized spacial score (nSPS) is 12.9. The predicted molar refractivity (Wildman–Crippen MR) is 97.5 cm³/mol. The molecule has 0 aliphatic carbocycles. The van der Waals surface area contributed by atoms with Gasteiger partial charge in [-0.3, -0.25) is 28.3 Å². The maximum absolute atomic E-state index is 11.3. The van der Waals surface area contributed by atoms with Gasteiger partial charge in [-0.1, -0.05) is 25.3 Å². The smallest absolute Gasteiger partial charge is 0.327 e. The van der Waals surface area contributed by atoms with Crippen molar-refractivity contribution in [3.8, 4) is 0 Å². The molecule has 0 fully saturated rings. The number of carboxylic acids is 2. The minimum atomic E-state index is -4.84. The first kappa shape index (κ1) is 29.4. The molecule has 0 aliphatic rings. The molecule has 30 heavy (non-hydrogen) atoms. The highest BCUT2D eigenvalue weighted by Gasteiger charge is 2.35. The molecule has 16 heteroatoms. The van der Waals surface area contributed by atoms with E-state index in [4.69, 9.17) is 19.3 Å². The van der Waals surface area contributed by atoms with E-state index in [0.29, 0.717) is 0 Å². The Labute approximate surface area is 171 Å². The zero-order valence-electron chi connectivity index (χ0n) is 15.2. The molecular formula is C14H20O14S2. The lowest BCUT2D eigenvalue weighted by atomic mass is 10.3. The summed E-state index contributed by atoms with van der Waals surface area (Å²) in [5.41, 5.74) is 0. The van der Waals surface area contributed by atoms with Gasteiger partial charge in [0.15, 0.2) is 10.5 Å². The van der Waals surface area contributed by atoms with Gasteiger partial charge in [0.25, 0.3) is 20.2 Å². The van der Waals surface area contributed by atoms with Gasteiger partial charge in [-0.15, -0.1) is 0 Å². The summed E-state index contributed by atoms with van der Waals surface area (Å²) in [7, 11) is -9.59. The number of rotatable bonds is 12. The van der Waals surface area contributed by atoms with E-state index in [1.807, 2.05) is 0 Å². The average molecular weight is 476 g/mol. The van der Waals surface area contributed by atoms with Crippen molar-refractivity contribution < 1.29 is 64.8 Å². The highest BCUT2D eigenvalue weighted by atomic mass is 32.2. The molecule has 0 saturated heterocycles. The van der Waals surface area contributed by atoms with Gasteiger partial charge in [-0.05, 0) is 0 Å². The van der Waals surface area contributed by atoms with Gasteiger partial charge >= 0.3 is 23.9 Å². The molecule has 0 aromatic carbocycles. The van der Waals surface area contributed by atoms with Crippen LogP contribution in [0.15, 0.2) is 25.3 Å². The zero-order chi connectivity index (χ0) is 24.1. The van der Waals surface area contributed by atoms with Crippen LogP contribution >= 0.6 is 0 Å². The lowest BCUT2D eigenvalue weighted by Crippen LogP contribution is -2.34. The van der Waals surface area contributed by atoms with Crippen LogP contribution in [-0.4, -0.2) is 83.7 Å². The summed E-state index contributed by atoms with van der Waals surface area (Å²) in [6.45, 7) is 6.20. The third-order valence-corrected chi connectivity index (χ3v) is 4.84. The molecule has 0 aromatic heterocycles. The second-order valence-corrected chi connectivity index (χ2v) is 8.24. The fourth-order valence-corrected chi connectivity index (χ4v) is 2.65. The maximum Gasteiger partial charge on any atom is 0.327 e. The molecule has 2 atom stereocenters. The van der Waals surface area contributed by atoms with Crippen LogP contribution in [0, 0.1) is 0 Å². The van der Waals surface area contributed by atoms with Gasteiger partial charge in [0.05, 0.1) is 12.8 Å². The van der Waals surface area contributed by atoms with Gasteiger partial charge in [0.2, 0.25) is 0 Å². The first-order chi connectivity index (χ1) is 13.6. The van der Waals surface area contributed by atoms with Crippen molar-refractivity contribution in [2.24, 2.45) is 0 Å². The second kappa shape index (κ2) is 13.4. The molecule has 172 valence electrons. The van der Waals surface area contributed by atoms with E-state index in [1.165, 1.54) is 12.2 Å². The Hall–Kier alpha value is -2.82. The summed E-state index contributed by atoms with van der Waals surface area (Å²) in [6, 6.07) is 0. The molecule has 4 N–H and O–H groups in total. The van der Waals surface area contributed by atoms with E-state index in [0.717, 1.165) is 0 Å². The Morgan fingerprint density at radius 2 is 1.23 bits per heavy atom. The van der Waals surface area contributed by atoms with Gasteiger partial charge in [-0.2, -0.15) is 16.8 Å². The molecule has 0 rings (SSSR count). The van der Waals surface area contributed by atoms with Gasteiger partial charge in [0, 0.05) is 0 Å². The molecule has 14 nitrogen and oxygen atoms in total. The Morgan fingerprint density at radius 1 is 0.800 bits per heavy atom. The van der Waals surface area contributed by atoms with Gasteiger partial charge < -0.3 is 19.7 Å². The first-order valence-electron chi connectivity index (χ1n) is 7.49. The molecular weight excluding hydrogens is 456 g/mol. The van der Waals surface area contributed by atoms with Crippen LogP contribution in [0.25, 0.3) is 0 Å². The van der Waals surface area contributed by atoms with Crippen LogP contribution in [0.4, 0.5) is 0 Å². The fraction of sp³-hybridized carbons (Fsp3) is 0.429. The SMILES string of the molecule is C=CCOC(=O)CC(C(=O)OCC=C)S(=O)(=O)O.O=C(O)CC(C(=O)O)S(=O)(=O)O. The number of hydrogen-bond donors (Lipinski definition) is 4. The highest BCUT2D eigenvalue weighted by Crippen LogP contribution is 2.08. The molecule has 0 heterocycles. The number of carbonyl (C=O) groups is 4. The minimum Gasteiger partial charge on any atom is -0.481 e. The number of ether oxygens (including phenoxy) is 2. The summed E-state index contributed by atoms with van der Waals surface area (Å²) in [5.74, 6) is -5.71. The maximum atomic E-state index is 11.3. The third kappa shape index (κ3) is 13.4. The van der Waals surface area contributed by atoms with Crippen LogP contribution in [0.5, 0.6) is 0 Å². The van der Waals surface area contributed by atoms with Crippen LogP contribution in [0.2, 0.25) is 0 Å². The van der Waals surface area contributed by atoms with E-state index in [2.05, 4.69) is 22.6 Å². The van der Waals surface area contributed by atoms with Crippen LogP contribution in [-0.2, 0) is 48.9 Å². The molecule has 0 aromatic rings. The molecule has 0 amide bonds. The van der Waals surface area contributed by atoms with Gasteiger partial charge in [-0.25, -0.2) is 0 Å². The van der Waals surface area contributed by atoms with Crippen molar-refractivity contribution in [3.63, 3.8) is 0 Å². The molecule has 2 unspecified atom stereocenters. The number of carbonyl (C=O) groups excluding carboxylic acids is 2. The number of esters is 2. The number of hydrogen-bond acceptors (Lipinski definition) is 10. The minimum absolute atomic E-state index is 0.126.